The van der Waals surface area contributed by atoms with E-state index in [-0.39, 0.29) is 22.1 Å². The second kappa shape index (κ2) is 7.99. The zero-order valence-corrected chi connectivity index (χ0v) is 13.7. The molecule has 1 N–H and O–H groups in total. The number of rotatable bonds is 6. The van der Waals surface area contributed by atoms with Crippen molar-refractivity contribution in [1.82, 2.24) is 0 Å². The topological polar surface area (TPSA) is 114 Å². The highest BCUT2D eigenvalue weighted by Crippen LogP contribution is 2.29. The van der Waals surface area contributed by atoms with Gasteiger partial charge in [-0.05, 0) is 24.3 Å². The fraction of sp³-hybridized carbons (Fsp3) is 0.125. The number of nitro groups is 1. The van der Waals surface area contributed by atoms with E-state index in [0.717, 1.165) is 6.07 Å². The summed E-state index contributed by atoms with van der Waals surface area (Å²) in [5, 5.41) is 22.4. The molecule has 9 heteroatoms. The van der Waals surface area contributed by atoms with Crippen LogP contribution in [0.5, 0.6) is 11.5 Å². The molecular weight excluding hydrogens is 350 g/mol. The Bertz CT molecular complexity index is 863. The largest absolute Gasteiger partial charge is 0.493 e. The number of ether oxygens (including phenoxy) is 2. The molecule has 8 nitrogen and oxygen atoms in total. The molecule has 0 saturated carbocycles. The summed E-state index contributed by atoms with van der Waals surface area (Å²) >= 11 is 5.72. The molecule has 0 aliphatic heterocycles. The van der Waals surface area contributed by atoms with Gasteiger partial charge in [-0.2, -0.15) is 5.26 Å². The zero-order valence-electron chi connectivity index (χ0n) is 13.0. The van der Waals surface area contributed by atoms with E-state index in [1.807, 2.05) is 6.07 Å². The molecule has 0 bridgehead atoms. The lowest BCUT2D eigenvalue weighted by atomic mass is 10.2. The Morgan fingerprint density at radius 3 is 2.72 bits per heavy atom. The Morgan fingerprint density at radius 2 is 2.08 bits per heavy atom. The van der Waals surface area contributed by atoms with E-state index in [4.69, 9.17) is 26.3 Å². The number of carbonyl (C=O) groups excluding carboxylic acids is 1. The molecule has 2 aromatic carbocycles. The van der Waals surface area contributed by atoms with Gasteiger partial charge in [0.05, 0.1) is 23.7 Å². The van der Waals surface area contributed by atoms with E-state index in [2.05, 4.69) is 5.32 Å². The number of hydrogen-bond donors (Lipinski definition) is 1. The van der Waals surface area contributed by atoms with Crippen LogP contribution in [0.3, 0.4) is 0 Å². The van der Waals surface area contributed by atoms with Crippen molar-refractivity contribution in [2.75, 3.05) is 19.0 Å². The molecule has 0 spiro atoms. The van der Waals surface area contributed by atoms with Crippen molar-refractivity contribution >= 4 is 28.9 Å². The SMILES string of the molecule is COc1cc(C#N)ccc1OCC(=O)Nc1ccc(Cl)cc1[N+](=O)[O-]. The molecule has 2 aromatic rings. The molecule has 0 atom stereocenters. The van der Waals surface area contributed by atoms with E-state index in [1.54, 1.807) is 0 Å². The Labute approximate surface area is 147 Å². The highest BCUT2D eigenvalue weighted by molar-refractivity contribution is 6.31. The molecule has 128 valence electrons. The molecule has 0 aliphatic rings. The predicted octanol–water partition coefficient (Wildman–Crippen LogP) is 3.15. The van der Waals surface area contributed by atoms with Crippen molar-refractivity contribution in [2.45, 2.75) is 0 Å². The molecule has 0 unspecified atom stereocenters. The van der Waals surface area contributed by atoms with Crippen LogP contribution in [0.2, 0.25) is 5.02 Å². The van der Waals surface area contributed by atoms with Gasteiger partial charge in [-0.15, -0.1) is 0 Å². The van der Waals surface area contributed by atoms with Crippen LogP contribution in [0.4, 0.5) is 11.4 Å². The van der Waals surface area contributed by atoms with Crippen LogP contribution in [0.25, 0.3) is 0 Å². The Hall–Kier alpha value is -3.31. The molecule has 25 heavy (non-hydrogen) atoms. The van der Waals surface area contributed by atoms with Gasteiger partial charge >= 0.3 is 0 Å². The summed E-state index contributed by atoms with van der Waals surface area (Å²) in [4.78, 5) is 22.3. The van der Waals surface area contributed by atoms with E-state index < -0.39 is 17.4 Å². The molecule has 0 aliphatic carbocycles. The van der Waals surface area contributed by atoms with Gasteiger partial charge in [0.1, 0.15) is 5.69 Å². The highest BCUT2D eigenvalue weighted by atomic mass is 35.5. The molecule has 0 fully saturated rings. The second-order valence-electron chi connectivity index (χ2n) is 4.73. The van der Waals surface area contributed by atoms with Gasteiger partial charge in [0.25, 0.3) is 11.6 Å². The van der Waals surface area contributed by atoms with Crippen molar-refractivity contribution in [3.63, 3.8) is 0 Å². The highest BCUT2D eigenvalue weighted by Gasteiger charge is 2.17. The number of halogens is 1. The first-order chi connectivity index (χ1) is 11.9. The minimum absolute atomic E-state index is 0.00907. The second-order valence-corrected chi connectivity index (χ2v) is 5.17. The quantitative estimate of drug-likeness (QED) is 0.624. The fourth-order valence-electron chi connectivity index (χ4n) is 1.95. The molecule has 1 amide bonds. The Kier molecular flexibility index (Phi) is 5.76. The standard InChI is InChI=1S/C16H12ClN3O5/c1-24-15-6-10(8-18)2-5-14(15)25-9-16(21)19-12-4-3-11(17)7-13(12)20(22)23/h2-7H,9H2,1H3,(H,19,21). The van der Waals surface area contributed by atoms with E-state index >= 15 is 0 Å². The molecule has 0 radical (unpaired) electrons. The maximum Gasteiger partial charge on any atom is 0.294 e. The third kappa shape index (κ3) is 4.59. The lowest BCUT2D eigenvalue weighted by Gasteiger charge is -2.11. The predicted molar refractivity (Wildman–Crippen MR) is 89.9 cm³/mol. The average Bonchev–Trinajstić information content (AvgIpc) is 2.61. The number of benzene rings is 2. The first kappa shape index (κ1) is 18.0. The van der Waals surface area contributed by atoms with Crippen molar-refractivity contribution in [3.8, 4) is 17.6 Å². The van der Waals surface area contributed by atoms with Crippen LogP contribution in [0.15, 0.2) is 36.4 Å². The molecule has 2 rings (SSSR count). The Balaban J connectivity index is 2.07. The van der Waals surface area contributed by atoms with Crippen LogP contribution in [0.1, 0.15) is 5.56 Å². The lowest BCUT2D eigenvalue weighted by Crippen LogP contribution is -2.21. The van der Waals surface area contributed by atoms with Crippen LogP contribution in [-0.2, 0) is 4.79 Å². The fourth-order valence-corrected chi connectivity index (χ4v) is 2.11. The number of amides is 1. The Morgan fingerprint density at radius 1 is 1.32 bits per heavy atom. The van der Waals surface area contributed by atoms with Crippen LogP contribution in [-0.4, -0.2) is 24.5 Å². The third-order valence-electron chi connectivity index (χ3n) is 3.08. The van der Waals surface area contributed by atoms with E-state index in [9.17, 15) is 14.9 Å². The van der Waals surface area contributed by atoms with Gasteiger partial charge in [0.15, 0.2) is 18.1 Å². The van der Waals surface area contributed by atoms with E-state index in [0.29, 0.717) is 11.3 Å². The van der Waals surface area contributed by atoms with Crippen LogP contribution in [0, 0.1) is 21.4 Å². The summed E-state index contributed by atoms with van der Waals surface area (Å²) in [5.41, 5.74) is 0.0667. The first-order valence-corrected chi connectivity index (χ1v) is 7.27. The number of methoxy groups -OCH3 is 1. The first-order valence-electron chi connectivity index (χ1n) is 6.89. The summed E-state index contributed by atoms with van der Waals surface area (Å²) in [6, 6.07) is 10.3. The number of anilines is 1. The minimum atomic E-state index is -0.647. The van der Waals surface area contributed by atoms with Gasteiger partial charge in [0.2, 0.25) is 0 Å². The number of nitrogens with zero attached hydrogens (tertiary/aromatic N) is 2. The lowest BCUT2D eigenvalue weighted by molar-refractivity contribution is -0.383. The minimum Gasteiger partial charge on any atom is -0.493 e. The number of hydrogen-bond acceptors (Lipinski definition) is 6. The zero-order chi connectivity index (χ0) is 18.4. The number of nitrogens with one attached hydrogen (secondary N) is 1. The number of carbonyl (C=O) groups is 1. The average molecular weight is 362 g/mol. The smallest absolute Gasteiger partial charge is 0.294 e. The van der Waals surface area contributed by atoms with Gasteiger partial charge in [0, 0.05) is 17.2 Å². The van der Waals surface area contributed by atoms with Crippen LogP contribution >= 0.6 is 11.6 Å². The molecular formula is C16H12ClN3O5. The van der Waals surface area contributed by atoms with Gasteiger partial charge < -0.3 is 14.8 Å². The van der Waals surface area contributed by atoms with Crippen molar-refractivity contribution < 1.29 is 19.2 Å². The molecule has 0 aromatic heterocycles. The van der Waals surface area contributed by atoms with Gasteiger partial charge in [-0.3, -0.25) is 14.9 Å². The third-order valence-corrected chi connectivity index (χ3v) is 3.32. The van der Waals surface area contributed by atoms with Crippen molar-refractivity contribution in [1.29, 1.82) is 5.26 Å². The van der Waals surface area contributed by atoms with Crippen molar-refractivity contribution in [2.24, 2.45) is 0 Å². The summed E-state index contributed by atoms with van der Waals surface area (Å²) < 4.78 is 10.4. The van der Waals surface area contributed by atoms with Gasteiger partial charge in [-0.25, -0.2) is 0 Å². The summed E-state index contributed by atoms with van der Waals surface area (Å²) in [5.74, 6) is -0.0385. The normalized spacial score (nSPS) is 9.80. The summed E-state index contributed by atoms with van der Waals surface area (Å²) in [7, 11) is 1.40. The van der Waals surface area contributed by atoms with Crippen LogP contribution < -0.4 is 14.8 Å². The maximum absolute atomic E-state index is 12.0. The number of nitriles is 1. The number of nitro benzene ring substituents is 1. The summed E-state index contributed by atoms with van der Waals surface area (Å²) in [6.45, 7) is -0.401. The monoisotopic (exact) mass is 361 g/mol. The van der Waals surface area contributed by atoms with Crippen molar-refractivity contribution in [3.05, 3.63) is 57.1 Å². The molecule has 0 heterocycles. The van der Waals surface area contributed by atoms with Gasteiger partial charge in [-0.1, -0.05) is 11.6 Å². The molecule has 0 saturated heterocycles. The maximum atomic E-state index is 12.0. The van der Waals surface area contributed by atoms with E-state index in [1.165, 1.54) is 37.4 Å². The summed E-state index contributed by atoms with van der Waals surface area (Å²) in [6.07, 6.45) is 0.